The number of aromatic hydroxyl groups is 1. The van der Waals surface area contributed by atoms with E-state index in [1.54, 1.807) is 11.2 Å². The molecule has 0 radical (unpaired) electrons. The standard InChI is InChI=1S/C33H33F2N7O3/c1-7-25(44)40-11-12-41(19(5)15-40)31-20-14-22(35)28(27-21(34)9-8-10-24(27)43)37-32(20)42(33(45)38-31)30-18(4)13-23-29(26(30)17(2)3)36-16-39(23)6/h7-10,13-14,16-17,19,43H,1,11-12,15H2,2-6H3/t19-/m0/s1. The van der Waals surface area contributed by atoms with Crippen molar-refractivity contribution in [1.82, 2.24) is 29.0 Å². The number of amides is 1. The Morgan fingerprint density at radius 3 is 2.58 bits per heavy atom. The molecule has 0 unspecified atom stereocenters. The van der Waals surface area contributed by atoms with Crippen LogP contribution >= 0.6 is 0 Å². The second-order valence-corrected chi connectivity index (χ2v) is 11.7. The molecule has 0 saturated carbocycles. The zero-order valence-electron chi connectivity index (χ0n) is 25.7. The summed E-state index contributed by atoms with van der Waals surface area (Å²) in [5, 5.41) is 10.8. The largest absolute Gasteiger partial charge is 0.507 e. The van der Waals surface area contributed by atoms with Gasteiger partial charge in [-0.3, -0.25) is 4.79 Å². The van der Waals surface area contributed by atoms with Crippen LogP contribution in [0.4, 0.5) is 14.6 Å². The summed E-state index contributed by atoms with van der Waals surface area (Å²) in [7, 11) is 1.89. The third-order valence-corrected chi connectivity index (χ3v) is 8.44. The minimum absolute atomic E-state index is 0.0427. The predicted molar refractivity (Wildman–Crippen MR) is 169 cm³/mol. The highest BCUT2D eigenvalue weighted by Gasteiger charge is 2.31. The van der Waals surface area contributed by atoms with E-state index in [1.165, 1.54) is 28.8 Å². The third-order valence-electron chi connectivity index (χ3n) is 8.44. The van der Waals surface area contributed by atoms with E-state index >= 15 is 8.78 Å². The quantitative estimate of drug-likeness (QED) is 0.279. The maximum absolute atomic E-state index is 16.0. The van der Waals surface area contributed by atoms with Crippen LogP contribution in [0, 0.1) is 18.6 Å². The van der Waals surface area contributed by atoms with Gasteiger partial charge in [0.1, 0.15) is 23.1 Å². The number of benzene rings is 2. The number of imidazole rings is 1. The molecule has 45 heavy (non-hydrogen) atoms. The first-order valence-electron chi connectivity index (χ1n) is 14.7. The number of rotatable bonds is 5. The van der Waals surface area contributed by atoms with Crippen LogP contribution in [0.25, 0.3) is 39.0 Å². The summed E-state index contributed by atoms with van der Waals surface area (Å²) < 4.78 is 34.3. The van der Waals surface area contributed by atoms with E-state index in [4.69, 9.17) is 0 Å². The number of nitrogens with zero attached hydrogens (tertiary/aromatic N) is 7. The van der Waals surface area contributed by atoms with Gasteiger partial charge in [-0.2, -0.15) is 4.98 Å². The van der Waals surface area contributed by atoms with Crippen LogP contribution in [-0.2, 0) is 11.8 Å². The first-order valence-corrected chi connectivity index (χ1v) is 14.7. The molecule has 10 nitrogen and oxygen atoms in total. The number of carbonyl (C=O) groups is 1. The smallest absolute Gasteiger partial charge is 0.355 e. The molecular formula is C33H33F2N7O3. The number of halogens is 2. The molecule has 1 atom stereocenters. The average Bonchev–Trinajstić information content (AvgIpc) is 3.35. The van der Waals surface area contributed by atoms with Gasteiger partial charge in [0, 0.05) is 38.3 Å². The highest BCUT2D eigenvalue weighted by Crippen LogP contribution is 2.38. The Kier molecular flexibility index (Phi) is 7.38. The van der Waals surface area contributed by atoms with Crippen molar-refractivity contribution in [3.05, 3.63) is 82.6 Å². The second kappa shape index (κ2) is 11.1. The molecule has 12 heteroatoms. The lowest BCUT2D eigenvalue weighted by Crippen LogP contribution is -2.54. The summed E-state index contributed by atoms with van der Waals surface area (Å²) >= 11 is 0. The first-order chi connectivity index (χ1) is 21.4. The highest BCUT2D eigenvalue weighted by atomic mass is 19.1. The summed E-state index contributed by atoms with van der Waals surface area (Å²) in [5.74, 6) is -2.36. The van der Waals surface area contributed by atoms with E-state index in [0.717, 1.165) is 22.7 Å². The lowest BCUT2D eigenvalue weighted by Gasteiger charge is -2.40. The van der Waals surface area contributed by atoms with Crippen molar-refractivity contribution in [1.29, 1.82) is 0 Å². The number of carbonyl (C=O) groups excluding carboxylic acids is 1. The Bertz CT molecular complexity index is 2070. The van der Waals surface area contributed by atoms with Gasteiger partial charge in [-0.25, -0.2) is 28.1 Å². The maximum atomic E-state index is 16.0. The molecule has 232 valence electrons. The zero-order chi connectivity index (χ0) is 32.3. The zero-order valence-corrected chi connectivity index (χ0v) is 25.7. The van der Waals surface area contributed by atoms with Gasteiger partial charge in [0.25, 0.3) is 0 Å². The number of pyridine rings is 1. The molecule has 2 aromatic carbocycles. The summed E-state index contributed by atoms with van der Waals surface area (Å²) in [4.78, 5) is 43.7. The number of aromatic nitrogens is 5. The van der Waals surface area contributed by atoms with E-state index in [0.29, 0.717) is 30.8 Å². The molecule has 1 saturated heterocycles. The molecular weight excluding hydrogens is 580 g/mol. The number of aryl methyl sites for hydroxylation is 2. The van der Waals surface area contributed by atoms with Gasteiger partial charge < -0.3 is 19.5 Å². The van der Waals surface area contributed by atoms with Crippen LogP contribution in [0.5, 0.6) is 5.75 Å². The summed E-state index contributed by atoms with van der Waals surface area (Å²) in [6, 6.07) is 6.47. The van der Waals surface area contributed by atoms with Gasteiger partial charge >= 0.3 is 5.69 Å². The molecule has 3 aromatic heterocycles. The van der Waals surface area contributed by atoms with Crippen LogP contribution in [-0.4, -0.2) is 65.7 Å². The number of hydrogen-bond donors (Lipinski definition) is 1. The fraction of sp³-hybridized carbons (Fsp3) is 0.303. The SMILES string of the molecule is C=CC(=O)N1CCN(c2nc(=O)n(-c3c(C)cc4c(ncn4C)c3C(C)C)c3nc(-c4c(O)cccc4F)c(F)cc23)[C@@H](C)C1. The molecule has 0 aliphatic carbocycles. The Morgan fingerprint density at radius 1 is 1.16 bits per heavy atom. The fourth-order valence-corrected chi connectivity index (χ4v) is 6.31. The molecule has 0 bridgehead atoms. The van der Waals surface area contributed by atoms with Crippen LogP contribution in [0.2, 0.25) is 0 Å². The van der Waals surface area contributed by atoms with E-state index < -0.39 is 34.3 Å². The first kappa shape index (κ1) is 29.9. The second-order valence-electron chi connectivity index (χ2n) is 11.7. The van der Waals surface area contributed by atoms with E-state index in [1.807, 2.05) is 50.3 Å². The van der Waals surface area contributed by atoms with Crippen molar-refractivity contribution < 1.29 is 18.7 Å². The molecule has 6 rings (SSSR count). The number of hydrogen-bond acceptors (Lipinski definition) is 7. The Balaban J connectivity index is 1.70. The van der Waals surface area contributed by atoms with Gasteiger partial charge in [0.2, 0.25) is 5.91 Å². The van der Waals surface area contributed by atoms with Crippen molar-refractivity contribution in [3.63, 3.8) is 0 Å². The molecule has 4 heterocycles. The average molecular weight is 614 g/mol. The molecule has 1 fully saturated rings. The van der Waals surface area contributed by atoms with Crippen molar-refractivity contribution in [2.24, 2.45) is 7.05 Å². The lowest BCUT2D eigenvalue weighted by atomic mass is 9.95. The molecule has 0 spiro atoms. The van der Waals surface area contributed by atoms with E-state index in [9.17, 15) is 14.7 Å². The highest BCUT2D eigenvalue weighted by molar-refractivity contribution is 5.93. The van der Waals surface area contributed by atoms with Crippen LogP contribution < -0.4 is 10.6 Å². The Hall–Kier alpha value is -5.13. The molecule has 1 amide bonds. The van der Waals surface area contributed by atoms with Gasteiger partial charge in [0.15, 0.2) is 11.5 Å². The van der Waals surface area contributed by atoms with Crippen LogP contribution in [0.1, 0.15) is 37.8 Å². The topological polar surface area (TPSA) is 109 Å². The number of anilines is 1. The molecule has 1 N–H and O–H groups in total. The minimum Gasteiger partial charge on any atom is -0.507 e. The van der Waals surface area contributed by atoms with Gasteiger partial charge in [-0.15, -0.1) is 0 Å². The van der Waals surface area contributed by atoms with Gasteiger partial charge in [-0.1, -0.05) is 26.5 Å². The number of piperazine rings is 1. The minimum atomic E-state index is -0.898. The monoisotopic (exact) mass is 613 g/mol. The normalized spacial score (nSPS) is 15.4. The van der Waals surface area contributed by atoms with Gasteiger partial charge in [0.05, 0.1) is 34.0 Å². The van der Waals surface area contributed by atoms with Crippen molar-refractivity contribution in [2.75, 3.05) is 24.5 Å². The molecule has 1 aliphatic rings. The summed E-state index contributed by atoms with van der Waals surface area (Å²) in [6.07, 6.45) is 2.95. The number of fused-ring (bicyclic) bond motifs is 2. The van der Waals surface area contributed by atoms with Crippen molar-refractivity contribution in [2.45, 2.75) is 39.7 Å². The Morgan fingerprint density at radius 2 is 1.91 bits per heavy atom. The maximum Gasteiger partial charge on any atom is 0.355 e. The summed E-state index contributed by atoms with van der Waals surface area (Å²) in [6.45, 7) is 12.3. The van der Waals surface area contributed by atoms with Gasteiger partial charge in [-0.05, 0) is 55.7 Å². The Labute approximate surface area is 257 Å². The number of phenols is 1. The molecule has 5 aromatic rings. The summed E-state index contributed by atoms with van der Waals surface area (Å²) in [5.41, 5.74) is 2.09. The number of phenolic OH excluding ortho intramolecular Hbond substituents is 1. The van der Waals surface area contributed by atoms with E-state index in [2.05, 4.69) is 21.5 Å². The van der Waals surface area contributed by atoms with Crippen LogP contribution in [0.3, 0.4) is 0 Å². The van der Waals surface area contributed by atoms with Crippen molar-refractivity contribution in [3.8, 4) is 22.7 Å². The predicted octanol–water partition coefficient (Wildman–Crippen LogP) is 4.97. The molecule has 1 aliphatic heterocycles. The third kappa shape index (κ3) is 4.80. The van der Waals surface area contributed by atoms with Crippen molar-refractivity contribution >= 4 is 33.8 Å². The lowest BCUT2D eigenvalue weighted by molar-refractivity contribution is -0.126. The van der Waals surface area contributed by atoms with Crippen LogP contribution in [0.15, 0.2) is 54.1 Å². The van der Waals surface area contributed by atoms with E-state index in [-0.39, 0.29) is 34.7 Å². The fourth-order valence-electron chi connectivity index (χ4n) is 6.31.